The molecule has 4 nitrogen and oxygen atoms in total. The molecule has 24 heavy (non-hydrogen) atoms. The zero-order valence-corrected chi connectivity index (χ0v) is 12.9. The number of nitrogens with zero attached hydrogens (tertiary/aromatic N) is 2. The van der Waals surface area contributed by atoms with Gasteiger partial charge < -0.3 is 5.32 Å². The molecule has 2 aromatic heterocycles. The highest BCUT2D eigenvalue weighted by Crippen LogP contribution is 2.19. The van der Waals surface area contributed by atoms with Crippen LogP contribution in [0, 0.1) is 5.82 Å². The first kappa shape index (κ1) is 15.8. The summed E-state index contributed by atoms with van der Waals surface area (Å²) in [5.74, 6) is -0.432. The molecule has 0 fully saturated rings. The first-order chi connectivity index (χ1) is 11.7. The second-order valence-electron chi connectivity index (χ2n) is 5.33. The van der Waals surface area contributed by atoms with E-state index < -0.39 is 0 Å². The number of pyridine rings is 2. The van der Waals surface area contributed by atoms with Crippen molar-refractivity contribution < 1.29 is 9.18 Å². The second kappa shape index (κ2) is 7.46. The van der Waals surface area contributed by atoms with Gasteiger partial charge in [0.25, 0.3) is 0 Å². The number of rotatable bonds is 5. The van der Waals surface area contributed by atoms with Crippen molar-refractivity contribution in [1.82, 2.24) is 15.3 Å². The summed E-state index contributed by atoms with van der Waals surface area (Å²) in [6, 6.07) is 13.5. The number of aromatic nitrogens is 2. The van der Waals surface area contributed by atoms with Gasteiger partial charge in [0.05, 0.1) is 12.1 Å². The maximum absolute atomic E-state index is 12.9. The number of carbonyl (C=O) groups excluding carboxylic acids is 1. The Bertz CT molecular complexity index is 820. The van der Waals surface area contributed by atoms with Crippen LogP contribution in [0.5, 0.6) is 0 Å². The molecule has 0 bridgehead atoms. The summed E-state index contributed by atoms with van der Waals surface area (Å²) >= 11 is 0. The van der Waals surface area contributed by atoms with Crippen LogP contribution in [-0.4, -0.2) is 15.9 Å². The second-order valence-corrected chi connectivity index (χ2v) is 5.33. The molecular formula is C19H16FN3O. The van der Waals surface area contributed by atoms with Gasteiger partial charge in [0.1, 0.15) is 5.82 Å². The minimum absolute atomic E-state index is 0.123. The van der Waals surface area contributed by atoms with E-state index >= 15 is 0 Å². The zero-order valence-electron chi connectivity index (χ0n) is 12.9. The van der Waals surface area contributed by atoms with Crippen molar-refractivity contribution in [1.29, 1.82) is 0 Å². The standard InChI is InChI=1S/C19H16FN3O/c20-17-7-5-14(6-8-17)11-18(24)23-13-16-4-2-10-22-19(16)15-3-1-9-21-12-15/h1-10,12H,11,13H2,(H,23,24). The molecule has 0 unspecified atom stereocenters. The van der Waals surface area contributed by atoms with Gasteiger partial charge in [0, 0.05) is 30.7 Å². The molecule has 0 radical (unpaired) electrons. The van der Waals surface area contributed by atoms with Crippen LogP contribution in [0.4, 0.5) is 4.39 Å². The van der Waals surface area contributed by atoms with Gasteiger partial charge in [-0.3, -0.25) is 14.8 Å². The fourth-order valence-corrected chi connectivity index (χ4v) is 2.39. The van der Waals surface area contributed by atoms with Gasteiger partial charge in [-0.1, -0.05) is 18.2 Å². The largest absolute Gasteiger partial charge is 0.352 e. The molecule has 1 amide bonds. The van der Waals surface area contributed by atoms with E-state index in [1.54, 1.807) is 30.7 Å². The van der Waals surface area contributed by atoms with Crippen molar-refractivity contribution in [3.63, 3.8) is 0 Å². The normalized spacial score (nSPS) is 10.4. The zero-order chi connectivity index (χ0) is 16.8. The van der Waals surface area contributed by atoms with Crippen molar-refractivity contribution in [2.75, 3.05) is 0 Å². The summed E-state index contributed by atoms with van der Waals surface area (Å²) in [5.41, 5.74) is 3.39. The van der Waals surface area contributed by atoms with Gasteiger partial charge in [-0.05, 0) is 41.5 Å². The lowest BCUT2D eigenvalue weighted by molar-refractivity contribution is -0.120. The summed E-state index contributed by atoms with van der Waals surface area (Å²) in [6.45, 7) is 0.373. The van der Waals surface area contributed by atoms with Gasteiger partial charge in [0.15, 0.2) is 0 Å². The number of benzene rings is 1. The average Bonchev–Trinajstić information content (AvgIpc) is 2.63. The van der Waals surface area contributed by atoms with Gasteiger partial charge in [-0.2, -0.15) is 0 Å². The number of carbonyl (C=O) groups is 1. The number of halogens is 1. The quantitative estimate of drug-likeness (QED) is 0.785. The van der Waals surface area contributed by atoms with Crippen LogP contribution in [0.25, 0.3) is 11.3 Å². The molecule has 0 spiro atoms. The molecule has 0 saturated heterocycles. The Kier molecular flexibility index (Phi) is 4.91. The fraction of sp³-hybridized carbons (Fsp3) is 0.105. The SMILES string of the molecule is O=C(Cc1ccc(F)cc1)NCc1cccnc1-c1cccnc1. The number of hydrogen-bond acceptors (Lipinski definition) is 3. The summed E-state index contributed by atoms with van der Waals surface area (Å²) in [6.07, 6.45) is 5.37. The van der Waals surface area contributed by atoms with Crippen molar-refractivity contribution in [3.05, 3.63) is 84.1 Å². The van der Waals surface area contributed by atoms with Crippen molar-refractivity contribution >= 4 is 5.91 Å². The predicted octanol–water partition coefficient (Wildman–Crippen LogP) is 3.14. The molecular weight excluding hydrogens is 305 g/mol. The van der Waals surface area contributed by atoms with Crippen molar-refractivity contribution in [2.24, 2.45) is 0 Å². The van der Waals surface area contributed by atoms with Gasteiger partial charge in [-0.15, -0.1) is 0 Å². The Balaban J connectivity index is 1.66. The smallest absolute Gasteiger partial charge is 0.224 e. The Morgan fingerprint density at radius 3 is 2.58 bits per heavy atom. The summed E-state index contributed by atoms with van der Waals surface area (Å²) in [4.78, 5) is 20.6. The van der Waals surface area contributed by atoms with Gasteiger partial charge >= 0.3 is 0 Å². The van der Waals surface area contributed by atoms with Crippen LogP contribution >= 0.6 is 0 Å². The van der Waals surface area contributed by atoms with Crippen LogP contribution in [0.1, 0.15) is 11.1 Å². The van der Waals surface area contributed by atoms with Crippen molar-refractivity contribution in [3.8, 4) is 11.3 Å². The van der Waals surface area contributed by atoms with Crippen LogP contribution in [0.3, 0.4) is 0 Å². The van der Waals surface area contributed by atoms with E-state index in [9.17, 15) is 9.18 Å². The van der Waals surface area contributed by atoms with E-state index in [2.05, 4.69) is 15.3 Å². The molecule has 0 saturated carbocycles. The first-order valence-corrected chi connectivity index (χ1v) is 7.58. The summed E-state index contributed by atoms with van der Waals surface area (Å²) in [5, 5.41) is 2.88. The summed E-state index contributed by atoms with van der Waals surface area (Å²) < 4.78 is 12.9. The number of nitrogens with one attached hydrogen (secondary N) is 1. The molecule has 1 aromatic carbocycles. The third-order valence-corrected chi connectivity index (χ3v) is 3.58. The predicted molar refractivity (Wildman–Crippen MR) is 89.4 cm³/mol. The number of amides is 1. The van der Waals surface area contributed by atoms with E-state index in [-0.39, 0.29) is 18.1 Å². The molecule has 2 heterocycles. The lowest BCUT2D eigenvalue weighted by atomic mass is 10.1. The Hall–Kier alpha value is -3.08. The molecule has 0 atom stereocenters. The van der Waals surface area contributed by atoms with Crippen molar-refractivity contribution in [2.45, 2.75) is 13.0 Å². The van der Waals surface area contributed by atoms with Gasteiger partial charge in [0.2, 0.25) is 5.91 Å². The highest BCUT2D eigenvalue weighted by molar-refractivity contribution is 5.78. The van der Waals surface area contributed by atoms with E-state index in [0.29, 0.717) is 6.54 Å². The Morgan fingerprint density at radius 1 is 1.04 bits per heavy atom. The Morgan fingerprint density at radius 2 is 1.83 bits per heavy atom. The van der Waals surface area contributed by atoms with Gasteiger partial charge in [-0.25, -0.2) is 4.39 Å². The minimum Gasteiger partial charge on any atom is -0.352 e. The molecule has 5 heteroatoms. The van der Waals surface area contributed by atoms with E-state index in [1.807, 2.05) is 24.3 Å². The maximum Gasteiger partial charge on any atom is 0.224 e. The molecule has 3 aromatic rings. The molecule has 0 aliphatic carbocycles. The summed E-state index contributed by atoms with van der Waals surface area (Å²) in [7, 11) is 0. The average molecular weight is 321 g/mol. The molecule has 0 aliphatic heterocycles. The van der Waals surface area contributed by atoms with Crippen LogP contribution in [0.2, 0.25) is 0 Å². The fourth-order valence-electron chi connectivity index (χ4n) is 2.39. The minimum atomic E-state index is -0.310. The molecule has 1 N–H and O–H groups in total. The monoisotopic (exact) mass is 321 g/mol. The van der Waals surface area contributed by atoms with Crippen LogP contribution in [0.15, 0.2) is 67.1 Å². The van der Waals surface area contributed by atoms with Crippen LogP contribution < -0.4 is 5.32 Å². The van der Waals surface area contributed by atoms with Crippen LogP contribution in [-0.2, 0) is 17.8 Å². The third-order valence-electron chi connectivity index (χ3n) is 3.58. The Labute approximate surface area is 139 Å². The maximum atomic E-state index is 12.9. The van der Waals surface area contributed by atoms with E-state index in [0.717, 1.165) is 22.4 Å². The third kappa shape index (κ3) is 4.01. The topological polar surface area (TPSA) is 54.9 Å². The van der Waals surface area contributed by atoms with E-state index in [4.69, 9.17) is 0 Å². The highest BCUT2D eigenvalue weighted by atomic mass is 19.1. The molecule has 120 valence electrons. The van der Waals surface area contributed by atoms with E-state index in [1.165, 1.54) is 12.1 Å². The lowest BCUT2D eigenvalue weighted by Crippen LogP contribution is -2.25. The molecule has 3 rings (SSSR count). The number of hydrogen-bond donors (Lipinski definition) is 1. The first-order valence-electron chi connectivity index (χ1n) is 7.58. The molecule has 0 aliphatic rings. The highest BCUT2D eigenvalue weighted by Gasteiger charge is 2.08. The lowest BCUT2D eigenvalue weighted by Gasteiger charge is -2.10.